The van der Waals surface area contributed by atoms with Gasteiger partial charge in [-0.05, 0) is 6.92 Å². The number of carbonyl (C=O) groups excluding carboxylic acids is 3. The van der Waals surface area contributed by atoms with Crippen molar-refractivity contribution in [2.24, 2.45) is 0 Å². The van der Waals surface area contributed by atoms with Crippen LogP contribution in [0.1, 0.15) is 13.3 Å². The molecular formula is C9H12F3NO5. The first-order valence-electron chi connectivity index (χ1n) is 4.83. The van der Waals surface area contributed by atoms with Gasteiger partial charge in [0.1, 0.15) is 6.04 Å². The zero-order valence-corrected chi connectivity index (χ0v) is 9.67. The van der Waals surface area contributed by atoms with Crippen molar-refractivity contribution in [1.82, 2.24) is 5.32 Å². The van der Waals surface area contributed by atoms with E-state index in [0.29, 0.717) is 0 Å². The SMILES string of the molecule is CCOC(=O)CC(NC(=O)C(F)(F)F)C(=O)OC. The van der Waals surface area contributed by atoms with Crippen LogP contribution < -0.4 is 5.32 Å². The Morgan fingerprint density at radius 2 is 1.83 bits per heavy atom. The molecule has 0 aliphatic rings. The van der Waals surface area contributed by atoms with Crippen molar-refractivity contribution in [3.63, 3.8) is 0 Å². The highest BCUT2D eigenvalue weighted by atomic mass is 19.4. The quantitative estimate of drug-likeness (QED) is 0.720. The Balaban J connectivity index is 4.65. The van der Waals surface area contributed by atoms with Crippen molar-refractivity contribution in [1.29, 1.82) is 0 Å². The van der Waals surface area contributed by atoms with E-state index in [0.717, 1.165) is 7.11 Å². The van der Waals surface area contributed by atoms with Crippen LogP contribution in [0.2, 0.25) is 0 Å². The van der Waals surface area contributed by atoms with Crippen molar-refractivity contribution in [3.8, 4) is 0 Å². The lowest BCUT2D eigenvalue weighted by Crippen LogP contribution is -2.48. The van der Waals surface area contributed by atoms with Crippen LogP contribution in [0.5, 0.6) is 0 Å². The predicted molar refractivity (Wildman–Crippen MR) is 51.3 cm³/mol. The Morgan fingerprint density at radius 1 is 1.28 bits per heavy atom. The van der Waals surface area contributed by atoms with E-state index < -0.39 is 36.5 Å². The molecule has 0 aliphatic heterocycles. The highest BCUT2D eigenvalue weighted by molar-refractivity contribution is 5.90. The Hall–Kier alpha value is -1.80. The Morgan fingerprint density at radius 3 is 2.22 bits per heavy atom. The van der Waals surface area contributed by atoms with Gasteiger partial charge in [-0.25, -0.2) is 4.79 Å². The van der Waals surface area contributed by atoms with Gasteiger partial charge in [-0.2, -0.15) is 13.2 Å². The third-order valence-electron chi connectivity index (χ3n) is 1.72. The van der Waals surface area contributed by atoms with Gasteiger partial charge < -0.3 is 14.8 Å². The van der Waals surface area contributed by atoms with E-state index in [-0.39, 0.29) is 6.61 Å². The van der Waals surface area contributed by atoms with Gasteiger partial charge in [-0.15, -0.1) is 0 Å². The first-order valence-corrected chi connectivity index (χ1v) is 4.83. The summed E-state index contributed by atoms with van der Waals surface area (Å²) < 4.78 is 44.6. The topological polar surface area (TPSA) is 81.7 Å². The number of methoxy groups -OCH3 is 1. The Labute approximate surface area is 100 Å². The number of nitrogens with one attached hydrogen (secondary N) is 1. The van der Waals surface area contributed by atoms with Crippen LogP contribution in [0.3, 0.4) is 0 Å². The Kier molecular flexibility index (Phi) is 6.14. The first-order chi connectivity index (χ1) is 8.22. The molecule has 0 bridgehead atoms. The van der Waals surface area contributed by atoms with Crippen LogP contribution in [0.25, 0.3) is 0 Å². The van der Waals surface area contributed by atoms with E-state index >= 15 is 0 Å². The molecule has 0 radical (unpaired) electrons. The second kappa shape index (κ2) is 6.82. The smallest absolute Gasteiger partial charge is 0.467 e. The van der Waals surface area contributed by atoms with E-state index in [4.69, 9.17) is 0 Å². The van der Waals surface area contributed by atoms with Crippen molar-refractivity contribution in [2.75, 3.05) is 13.7 Å². The number of hydrogen-bond acceptors (Lipinski definition) is 5. The molecule has 6 nitrogen and oxygen atoms in total. The molecule has 0 aromatic heterocycles. The number of halogens is 3. The fourth-order valence-corrected chi connectivity index (χ4v) is 0.962. The van der Waals surface area contributed by atoms with Gasteiger partial charge in [0, 0.05) is 0 Å². The highest BCUT2D eigenvalue weighted by Crippen LogP contribution is 2.15. The van der Waals surface area contributed by atoms with Crippen LogP contribution in [0, 0.1) is 0 Å². The van der Waals surface area contributed by atoms with Crippen LogP contribution >= 0.6 is 0 Å². The summed E-state index contributed by atoms with van der Waals surface area (Å²) in [6.45, 7) is 1.49. The van der Waals surface area contributed by atoms with Crippen molar-refractivity contribution < 1.29 is 37.0 Å². The molecule has 0 fully saturated rings. The molecule has 1 unspecified atom stereocenters. The second-order valence-corrected chi connectivity index (χ2v) is 3.06. The molecule has 0 saturated heterocycles. The summed E-state index contributed by atoms with van der Waals surface area (Å²) >= 11 is 0. The van der Waals surface area contributed by atoms with Gasteiger partial charge in [0.2, 0.25) is 0 Å². The summed E-state index contributed by atoms with van der Waals surface area (Å²) in [5.41, 5.74) is 0. The zero-order chi connectivity index (χ0) is 14.3. The minimum atomic E-state index is -5.15. The minimum Gasteiger partial charge on any atom is -0.467 e. The van der Waals surface area contributed by atoms with Crippen molar-refractivity contribution in [3.05, 3.63) is 0 Å². The normalized spacial score (nSPS) is 12.5. The lowest BCUT2D eigenvalue weighted by molar-refractivity contribution is -0.176. The average molecular weight is 271 g/mol. The molecule has 18 heavy (non-hydrogen) atoms. The number of esters is 2. The number of hydrogen-bond donors (Lipinski definition) is 1. The third kappa shape index (κ3) is 5.51. The Bertz CT molecular complexity index is 329. The molecule has 0 heterocycles. The molecule has 0 saturated carbocycles. The average Bonchev–Trinajstić information content (AvgIpc) is 2.26. The number of alkyl halides is 3. The molecule has 104 valence electrons. The van der Waals surface area contributed by atoms with Gasteiger partial charge in [0.25, 0.3) is 0 Å². The maximum absolute atomic E-state index is 12.0. The summed E-state index contributed by atoms with van der Waals surface area (Å²) in [5.74, 6) is -4.42. The van der Waals surface area contributed by atoms with Crippen LogP contribution in [-0.4, -0.2) is 43.8 Å². The van der Waals surface area contributed by atoms with Gasteiger partial charge in [-0.3, -0.25) is 9.59 Å². The van der Waals surface area contributed by atoms with Crippen LogP contribution in [0.15, 0.2) is 0 Å². The van der Waals surface area contributed by atoms with Gasteiger partial charge in [0.15, 0.2) is 0 Å². The number of ether oxygens (including phenoxy) is 2. The van der Waals surface area contributed by atoms with Crippen molar-refractivity contribution in [2.45, 2.75) is 25.6 Å². The third-order valence-corrected chi connectivity index (χ3v) is 1.72. The summed E-state index contributed by atoms with van der Waals surface area (Å²) in [6.07, 6.45) is -5.89. The molecule has 0 aromatic carbocycles. The standard InChI is InChI=1S/C9H12F3NO5/c1-3-18-6(14)4-5(7(15)17-2)13-8(16)9(10,11)12/h5H,3-4H2,1-2H3,(H,13,16). The summed E-state index contributed by atoms with van der Waals surface area (Å²) in [5, 5.41) is 1.36. The molecule has 0 rings (SSSR count). The zero-order valence-electron chi connectivity index (χ0n) is 9.67. The first kappa shape index (κ1) is 16.2. The maximum Gasteiger partial charge on any atom is 0.471 e. The lowest BCUT2D eigenvalue weighted by atomic mass is 10.2. The molecule has 1 amide bonds. The fourth-order valence-electron chi connectivity index (χ4n) is 0.962. The molecule has 0 aliphatic carbocycles. The van der Waals surface area contributed by atoms with Gasteiger partial charge in [-0.1, -0.05) is 0 Å². The molecule has 1 N–H and O–H groups in total. The summed E-state index contributed by atoms with van der Waals surface area (Å²) in [4.78, 5) is 32.8. The van der Waals surface area contributed by atoms with E-state index in [1.54, 1.807) is 0 Å². The monoisotopic (exact) mass is 271 g/mol. The van der Waals surface area contributed by atoms with Crippen molar-refractivity contribution >= 4 is 17.8 Å². The van der Waals surface area contributed by atoms with E-state index in [1.165, 1.54) is 12.2 Å². The minimum absolute atomic E-state index is 0.0000563. The molecule has 0 aromatic rings. The van der Waals surface area contributed by atoms with E-state index in [2.05, 4.69) is 9.47 Å². The largest absolute Gasteiger partial charge is 0.471 e. The lowest BCUT2D eigenvalue weighted by Gasteiger charge is -2.16. The van der Waals surface area contributed by atoms with Crippen LogP contribution in [-0.2, 0) is 23.9 Å². The predicted octanol–water partition coefficient (Wildman–Crippen LogP) is 0.160. The fraction of sp³-hybridized carbons (Fsp3) is 0.667. The summed E-state index contributed by atoms with van der Waals surface area (Å²) in [7, 11) is 0.917. The highest BCUT2D eigenvalue weighted by Gasteiger charge is 2.41. The maximum atomic E-state index is 12.0. The number of amides is 1. The number of rotatable bonds is 5. The molecular weight excluding hydrogens is 259 g/mol. The van der Waals surface area contributed by atoms with E-state index in [9.17, 15) is 27.6 Å². The molecule has 9 heteroatoms. The molecule has 0 spiro atoms. The van der Waals surface area contributed by atoms with Gasteiger partial charge in [0.05, 0.1) is 20.1 Å². The van der Waals surface area contributed by atoms with Gasteiger partial charge >= 0.3 is 24.0 Å². The second-order valence-electron chi connectivity index (χ2n) is 3.06. The van der Waals surface area contributed by atoms with Crippen LogP contribution in [0.4, 0.5) is 13.2 Å². The summed E-state index contributed by atoms with van der Waals surface area (Å²) in [6, 6.07) is -1.73. The number of carbonyl (C=O) groups is 3. The van der Waals surface area contributed by atoms with E-state index in [1.807, 2.05) is 0 Å². The molecule has 1 atom stereocenters.